The monoisotopic (exact) mass is 446 g/mol. The summed E-state index contributed by atoms with van der Waals surface area (Å²) in [6.07, 6.45) is -0.977. The van der Waals surface area contributed by atoms with E-state index in [4.69, 9.17) is 33.7 Å². The topological polar surface area (TPSA) is 70.9 Å². The minimum absolute atomic E-state index is 0.179. The minimum Gasteiger partial charge on any atom is -0.480 e. The Morgan fingerprint density at radius 3 is 2.06 bits per heavy atom. The van der Waals surface area contributed by atoms with Crippen LogP contribution in [-0.4, -0.2) is 61.2 Å². The molecule has 0 spiro atoms. The highest BCUT2D eigenvalue weighted by atomic mass is 16.8. The van der Waals surface area contributed by atoms with Crippen molar-refractivity contribution in [2.45, 2.75) is 91.3 Å². The SMILES string of the molecule is CCOC1=N[C@H]([C@@H](OCc2ccccc2)[C@H]2OC(C)(C)O[C@@H]2C)C(OCC)=N[C@H]1C(C)C. The zero-order chi connectivity index (χ0) is 23.3. The summed E-state index contributed by atoms with van der Waals surface area (Å²) in [5.74, 6) is 0.704. The van der Waals surface area contributed by atoms with Gasteiger partial charge in [0.25, 0.3) is 0 Å². The Hall–Kier alpha value is -1.96. The number of rotatable bonds is 8. The van der Waals surface area contributed by atoms with Crippen LogP contribution in [-0.2, 0) is 30.3 Å². The van der Waals surface area contributed by atoms with Gasteiger partial charge in [0.05, 0.1) is 25.9 Å². The van der Waals surface area contributed by atoms with Gasteiger partial charge < -0.3 is 23.7 Å². The minimum atomic E-state index is -0.705. The maximum absolute atomic E-state index is 6.49. The quantitative estimate of drug-likeness (QED) is 0.592. The molecule has 0 bridgehead atoms. The van der Waals surface area contributed by atoms with Crippen molar-refractivity contribution in [1.29, 1.82) is 0 Å². The van der Waals surface area contributed by atoms with Crippen molar-refractivity contribution in [1.82, 2.24) is 0 Å². The first kappa shape index (κ1) is 24.7. The number of nitrogens with zero attached hydrogens (tertiary/aromatic N) is 2. The van der Waals surface area contributed by atoms with Crippen LogP contribution in [0.5, 0.6) is 0 Å². The fourth-order valence-corrected chi connectivity index (χ4v) is 4.16. The van der Waals surface area contributed by atoms with Gasteiger partial charge in [-0.2, -0.15) is 0 Å². The van der Waals surface area contributed by atoms with Gasteiger partial charge in [-0.25, -0.2) is 9.98 Å². The average Bonchev–Trinajstić information content (AvgIpc) is 3.02. The third kappa shape index (κ3) is 5.88. The molecule has 2 aliphatic heterocycles. The van der Waals surface area contributed by atoms with Gasteiger partial charge in [-0.3, -0.25) is 0 Å². The molecule has 0 N–H and O–H groups in total. The highest BCUT2D eigenvalue weighted by Crippen LogP contribution is 2.34. The molecule has 1 aromatic rings. The Labute approximate surface area is 192 Å². The Bertz CT molecular complexity index is 793. The van der Waals surface area contributed by atoms with Gasteiger partial charge in [0.15, 0.2) is 11.8 Å². The Morgan fingerprint density at radius 2 is 1.53 bits per heavy atom. The molecule has 3 rings (SSSR count). The van der Waals surface area contributed by atoms with Crippen LogP contribution in [0.1, 0.15) is 54.0 Å². The number of hydrogen-bond donors (Lipinski definition) is 0. The molecule has 7 heteroatoms. The molecule has 0 radical (unpaired) electrons. The summed E-state index contributed by atoms with van der Waals surface area (Å²) in [5.41, 5.74) is 1.07. The lowest BCUT2D eigenvalue weighted by Crippen LogP contribution is -2.51. The van der Waals surface area contributed by atoms with E-state index < -0.39 is 17.9 Å². The summed E-state index contributed by atoms with van der Waals surface area (Å²) in [6.45, 7) is 15.4. The molecule has 0 aromatic heterocycles. The van der Waals surface area contributed by atoms with Crippen molar-refractivity contribution in [3.8, 4) is 0 Å². The second-order valence-corrected chi connectivity index (χ2v) is 9.00. The maximum atomic E-state index is 6.49. The van der Waals surface area contributed by atoms with Crippen LogP contribution in [0.3, 0.4) is 0 Å². The summed E-state index contributed by atoms with van der Waals surface area (Å²) in [4.78, 5) is 9.92. The Morgan fingerprint density at radius 1 is 0.938 bits per heavy atom. The van der Waals surface area contributed by atoms with Crippen LogP contribution in [0.15, 0.2) is 40.3 Å². The van der Waals surface area contributed by atoms with Gasteiger partial charge in [0.1, 0.15) is 18.2 Å². The first-order chi connectivity index (χ1) is 15.3. The van der Waals surface area contributed by atoms with Crippen LogP contribution in [0.4, 0.5) is 0 Å². The second-order valence-electron chi connectivity index (χ2n) is 9.00. The van der Waals surface area contributed by atoms with Gasteiger partial charge in [0, 0.05) is 0 Å². The largest absolute Gasteiger partial charge is 0.480 e. The zero-order valence-corrected chi connectivity index (χ0v) is 20.4. The molecule has 0 aliphatic carbocycles. The first-order valence-electron chi connectivity index (χ1n) is 11.7. The highest BCUT2D eigenvalue weighted by Gasteiger charge is 2.49. The molecule has 1 aromatic carbocycles. The van der Waals surface area contributed by atoms with E-state index in [0.717, 1.165) is 5.56 Å². The molecule has 0 unspecified atom stereocenters. The lowest BCUT2D eigenvalue weighted by atomic mass is 9.97. The standard InChI is InChI=1S/C25H38N2O5/c1-8-28-23-19(16(3)4)26-24(29-9-2)20(27-23)22(21-17(5)31-25(6,7)32-21)30-15-18-13-11-10-12-14-18/h10-14,16-17,19-22H,8-9,15H2,1-7H3/t17-,19+,20-,21+,22-/m1/s1. The molecule has 0 saturated carbocycles. The lowest BCUT2D eigenvalue weighted by molar-refractivity contribution is -0.160. The van der Waals surface area contributed by atoms with Gasteiger partial charge in [-0.15, -0.1) is 0 Å². The molecule has 5 atom stereocenters. The maximum Gasteiger partial charge on any atom is 0.212 e. The van der Waals surface area contributed by atoms with Crippen LogP contribution in [0.25, 0.3) is 0 Å². The molecular weight excluding hydrogens is 408 g/mol. The first-order valence-corrected chi connectivity index (χ1v) is 11.7. The summed E-state index contributed by atoms with van der Waals surface area (Å²) in [6, 6.07) is 9.40. The third-order valence-electron chi connectivity index (χ3n) is 5.53. The fraction of sp³-hybridized carbons (Fsp3) is 0.680. The van der Waals surface area contributed by atoms with E-state index in [0.29, 0.717) is 31.6 Å². The summed E-state index contributed by atoms with van der Waals surface area (Å²) in [5, 5.41) is 0. The van der Waals surface area contributed by atoms with Gasteiger partial charge in [-0.05, 0) is 46.1 Å². The fourth-order valence-electron chi connectivity index (χ4n) is 4.16. The number of benzene rings is 1. The predicted octanol–water partition coefficient (Wildman–Crippen LogP) is 4.39. The zero-order valence-electron chi connectivity index (χ0n) is 20.4. The highest BCUT2D eigenvalue weighted by molar-refractivity contribution is 5.94. The van der Waals surface area contributed by atoms with Crippen molar-refractivity contribution in [2.24, 2.45) is 15.9 Å². The van der Waals surface area contributed by atoms with Gasteiger partial charge >= 0.3 is 0 Å². The summed E-state index contributed by atoms with van der Waals surface area (Å²) < 4.78 is 30.7. The van der Waals surface area contributed by atoms with Crippen LogP contribution >= 0.6 is 0 Å². The van der Waals surface area contributed by atoms with Crippen LogP contribution < -0.4 is 0 Å². The van der Waals surface area contributed by atoms with E-state index in [-0.39, 0.29) is 24.2 Å². The van der Waals surface area contributed by atoms with E-state index in [2.05, 4.69) is 13.8 Å². The molecule has 7 nitrogen and oxygen atoms in total. The third-order valence-corrected chi connectivity index (χ3v) is 5.53. The molecular formula is C25H38N2O5. The summed E-state index contributed by atoms with van der Waals surface area (Å²) in [7, 11) is 0. The molecule has 2 heterocycles. The molecule has 1 fully saturated rings. The van der Waals surface area contributed by atoms with Gasteiger partial charge in [0.2, 0.25) is 11.8 Å². The smallest absolute Gasteiger partial charge is 0.212 e. The molecule has 0 amide bonds. The Kier molecular flexibility index (Phi) is 8.31. The molecule has 1 saturated heterocycles. The average molecular weight is 447 g/mol. The predicted molar refractivity (Wildman–Crippen MR) is 125 cm³/mol. The number of ether oxygens (including phenoxy) is 5. The lowest BCUT2D eigenvalue weighted by Gasteiger charge is -2.35. The molecule has 2 aliphatic rings. The number of aliphatic imine (C=N–C) groups is 2. The van der Waals surface area contributed by atoms with E-state index in [9.17, 15) is 0 Å². The van der Waals surface area contributed by atoms with Crippen LogP contribution in [0, 0.1) is 5.92 Å². The van der Waals surface area contributed by atoms with Crippen molar-refractivity contribution in [3.05, 3.63) is 35.9 Å². The number of hydrogen-bond acceptors (Lipinski definition) is 7. The van der Waals surface area contributed by atoms with E-state index in [1.165, 1.54) is 0 Å². The van der Waals surface area contributed by atoms with Crippen LogP contribution in [0.2, 0.25) is 0 Å². The van der Waals surface area contributed by atoms with E-state index in [1.807, 2.05) is 65.0 Å². The second kappa shape index (κ2) is 10.8. The molecule has 32 heavy (non-hydrogen) atoms. The van der Waals surface area contributed by atoms with Crippen molar-refractivity contribution < 1.29 is 23.7 Å². The van der Waals surface area contributed by atoms with E-state index >= 15 is 0 Å². The Balaban J connectivity index is 1.97. The van der Waals surface area contributed by atoms with Crippen molar-refractivity contribution >= 4 is 11.8 Å². The normalized spacial score (nSPS) is 28.2. The van der Waals surface area contributed by atoms with E-state index in [1.54, 1.807) is 0 Å². The van der Waals surface area contributed by atoms with Crippen molar-refractivity contribution in [3.63, 3.8) is 0 Å². The molecule has 178 valence electrons. The van der Waals surface area contributed by atoms with Crippen molar-refractivity contribution in [2.75, 3.05) is 13.2 Å². The summed E-state index contributed by atoms with van der Waals surface area (Å²) >= 11 is 0. The van der Waals surface area contributed by atoms with Gasteiger partial charge in [-0.1, -0.05) is 44.2 Å².